The van der Waals surface area contributed by atoms with Gasteiger partial charge in [-0.1, -0.05) is 32.1 Å². The van der Waals surface area contributed by atoms with E-state index in [0.29, 0.717) is 12.8 Å². The normalized spacial score (nSPS) is 35.5. The predicted molar refractivity (Wildman–Crippen MR) is 41.7 cm³/mol. The summed E-state index contributed by atoms with van der Waals surface area (Å²) >= 11 is 0. The van der Waals surface area contributed by atoms with Gasteiger partial charge in [0.25, 0.3) is 0 Å². The molecule has 1 aliphatic rings. The van der Waals surface area contributed by atoms with E-state index >= 15 is 0 Å². The molecule has 0 spiro atoms. The van der Waals surface area contributed by atoms with E-state index < -0.39 is 12.3 Å². The van der Waals surface area contributed by atoms with E-state index in [-0.39, 0.29) is 0 Å². The van der Waals surface area contributed by atoms with E-state index in [0.717, 1.165) is 25.7 Å². The zero-order chi connectivity index (χ0) is 8.10. The molecule has 1 aliphatic carbocycles. The van der Waals surface area contributed by atoms with Gasteiger partial charge in [-0.2, -0.15) is 0 Å². The van der Waals surface area contributed by atoms with E-state index in [2.05, 4.69) is 0 Å². The fourth-order valence-electron chi connectivity index (χ4n) is 1.58. The monoisotopic (exact) mass is 159 g/mol. The molecular weight excluding hydrogens is 143 g/mol. The SMILES string of the molecule is [O]C1CCCCCCCC1F. The first kappa shape index (κ1) is 8.98. The number of hydrogen-bond donors (Lipinski definition) is 0. The van der Waals surface area contributed by atoms with Crippen molar-refractivity contribution in [2.75, 3.05) is 0 Å². The second-order valence-electron chi connectivity index (χ2n) is 3.40. The van der Waals surface area contributed by atoms with Crippen molar-refractivity contribution in [3.63, 3.8) is 0 Å². The number of halogens is 1. The number of rotatable bonds is 0. The molecule has 0 aromatic carbocycles. The molecule has 2 heteroatoms. The molecule has 0 aromatic rings. The molecule has 1 rings (SSSR count). The Balaban J connectivity index is 2.29. The lowest BCUT2D eigenvalue weighted by molar-refractivity contribution is 0.00752. The van der Waals surface area contributed by atoms with E-state index in [1.807, 2.05) is 0 Å². The van der Waals surface area contributed by atoms with Gasteiger partial charge in [0.05, 0.1) is 0 Å². The van der Waals surface area contributed by atoms with Gasteiger partial charge in [-0.3, -0.25) is 0 Å². The van der Waals surface area contributed by atoms with Gasteiger partial charge < -0.3 is 0 Å². The Hall–Kier alpha value is -0.110. The van der Waals surface area contributed by atoms with Crippen molar-refractivity contribution >= 4 is 0 Å². The maximum absolute atomic E-state index is 12.9. The molecule has 0 N–H and O–H groups in total. The van der Waals surface area contributed by atoms with Crippen LogP contribution in [0, 0.1) is 0 Å². The highest BCUT2D eigenvalue weighted by Crippen LogP contribution is 2.19. The summed E-state index contributed by atoms with van der Waals surface area (Å²) in [4.78, 5) is 0. The van der Waals surface area contributed by atoms with Crippen LogP contribution in [0.1, 0.15) is 44.9 Å². The first-order valence-corrected chi connectivity index (χ1v) is 4.60. The highest BCUT2D eigenvalue weighted by atomic mass is 19.1. The van der Waals surface area contributed by atoms with Crippen molar-refractivity contribution < 1.29 is 9.50 Å². The Morgan fingerprint density at radius 2 is 1.45 bits per heavy atom. The molecule has 65 valence electrons. The van der Waals surface area contributed by atoms with Gasteiger partial charge in [0.1, 0.15) is 12.3 Å². The van der Waals surface area contributed by atoms with Crippen LogP contribution in [0.3, 0.4) is 0 Å². The van der Waals surface area contributed by atoms with Crippen molar-refractivity contribution in [3.05, 3.63) is 0 Å². The maximum atomic E-state index is 12.9. The molecule has 1 saturated carbocycles. The zero-order valence-corrected chi connectivity index (χ0v) is 6.89. The van der Waals surface area contributed by atoms with Crippen LogP contribution in [-0.2, 0) is 5.11 Å². The Labute approximate surface area is 67.6 Å². The van der Waals surface area contributed by atoms with Crippen LogP contribution >= 0.6 is 0 Å². The minimum Gasteiger partial charge on any atom is -0.244 e. The topological polar surface area (TPSA) is 19.9 Å². The van der Waals surface area contributed by atoms with Gasteiger partial charge in [-0.25, -0.2) is 9.50 Å². The van der Waals surface area contributed by atoms with Gasteiger partial charge >= 0.3 is 0 Å². The van der Waals surface area contributed by atoms with Crippen LogP contribution in [0.5, 0.6) is 0 Å². The summed E-state index contributed by atoms with van der Waals surface area (Å²) in [6, 6.07) is 0. The first-order chi connectivity index (χ1) is 5.30. The summed E-state index contributed by atoms with van der Waals surface area (Å²) in [5, 5.41) is 11.0. The molecule has 0 bridgehead atoms. The van der Waals surface area contributed by atoms with Crippen LogP contribution in [-0.4, -0.2) is 12.3 Å². The maximum Gasteiger partial charge on any atom is 0.129 e. The second kappa shape index (κ2) is 4.70. The van der Waals surface area contributed by atoms with E-state index in [4.69, 9.17) is 0 Å². The summed E-state index contributed by atoms with van der Waals surface area (Å²) < 4.78 is 12.9. The van der Waals surface area contributed by atoms with Crippen molar-refractivity contribution in [1.29, 1.82) is 0 Å². The largest absolute Gasteiger partial charge is 0.244 e. The molecule has 2 atom stereocenters. The molecule has 0 saturated heterocycles. The molecule has 0 aromatic heterocycles. The van der Waals surface area contributed by atoms with Crippen LogP contribution in [0.2, 0.25) is 0 Å². The summed E-state index contributed by atoms with van der Waals surface area (Å²) in [6.45, 7) is 0. The molecule has 0 aliphatic heterocycles. The Morgan fingerprint density at radius 3 is 2.18 bits per heavy atom. The molecule has 11 heavy (non-hydrogen) atoms. The molecule has 0 heterocycles. The molecule has 1 nitrogen and oxygen atoms in total. The molecule has 1 radical (unpaired) electrons. The Morgan fingerprint density at radius 1 is 0.909 bits per heavy atom. The van der Waals surface area contributed by atoms with Crippen molar-refractivity contribution in [2.24, 2.45) is 0 Å². The summed E-state index contributed by atoms with van der Waals surface area (Å²) in [6.07, 6.45) is 4.25. The Kier molecular flexibility index (Phi) is 3.84. The fourth-order valence-corrected chi connectivity index (χ4v) is 1.58. The van der Waals surface area contributed by atoms with Crippen molar-refractivity contribution in [2.45, 2.75) is 57.2 Å². The smallest absolute Gasteiger partial charge is 0.129 e. The lowest BCUT2D eigenvalue weighted by Crippen LogP contribution is -2.19. The Bertz CT molecular complexity index is 93.7. The van der Waals surface area contributed by atoms with Crippen molar-refractivity contribution in [3.8, 4) is 0 Å². The van der Waals surface area contributed by atoms with Gasteiger partial charge in [-0.05, 0) is 12.8 Å². The average Bonchev–Trinajstić information content (AvgIpc) is 2.07. The molecular formula is C9H16FO. The number of alkyl halides is 1. The van der Waals surface area contributed by atoms with Gasteiger partial charge in [0.15, 0.2) is 0 Å². The molecule has 1 fully saturated rings. The lowest BCUT2D eigenvalue weighted by Gasteiger charge is -2.10. The molecule has 0 amide bonds. The summed E-state index contributed by atoms with van der Waals surface area (Å²) in [7, 11) is 0. The summed E-state index contributed by atoms with van der Waals surface area (Å²) in [5.41, 5.74) is 0. The van der Waals surface area contributed by atoms with Crippen LogP contribution in [0.25, 0.3) is 0 Å². The third-order valence-electron chi connectivity index (χ3n) is 2.37. The predicted octanol–water partition coefficient (Wildman–Crippen LogP) is 2.87. The third-order valence-corrected chi connectivity index (χ3v) is 2.37. The highest BCUT2D eigenvalue weighted by Gasteiger charge is 2.19. The summed E-state index contributed by atoms with van der Waals surface area (Å²) in [5.74, 6) is 0. The zero-order valence-electron chi connectivity index (χ0n) is 6.89. The van der Waals surface area contributed by atoms with Crippen molar-refractivity contribution in [1.82, 2.24) is 0 Å². The minimum absolute atomic E-state index is 0.494. The first-order valence-electron chi connectivity index (χ1n) is 4.60. The second-order valence-corrected chi connectivity index (χ2v) is 3.40. The van der Waals surface area contributed by atoms with E-state index in [9.17, 15) is 9.50 Å². The van der Waals surface area contributed by atoms with Crippen LogP contribution < -0.4 is 0 Å². The third kappa shape index (κ3) is 3.19. The van der Waals surface area contributed by atoms with Crippen LogP contribution in [0.4, 0.5) is 4.39 Å². The number of hydrogen-bond acceptors (Lipinski definition) is 0. The fraction of sp³-hybridized carbons (Fsp3) is 1.00. The van der Waals surface area contributed by atoms with Gasteiger partial charge in [0, 0.05) is 0 Å². The average molecular weight is 159 g/mol. The van der Waals surface area contributed by atoms with Gasteiger partial charge in [-0.15, -0.1) is 0 Å². The minimum atomic E-state index is -1.08. The van der Waals surface area contributed by atoms with Crippen LogP contribution in [0.15, 0.2) is 0 Å². The van der Waals surface area contributed by atoms with E-state index in [1.165, 1.54) is 6.42 Å². The van der Waals surface area contributed by atoms with E-state index in [1.54, 1.807) is 0 Å². The molecule has 2 unspecified atom stereocenters. The quantitative estimate of drug-likeness (QED) is 0.518. The highest BCUT2D eigenvalue weighted by molar-refractivity contribution is 4.69. The standard InChI is InChI=1S/C9H16FO/c10-8-6-4-2-1-3-5-7-9(8)11/h8-9H,1-7H2. The lowest BCUT2D eigenvalue weighted by atomic mass is 10.1. The van der Waals surface area contributed by atoms with Gasteiger partial charge in [0.2, 0.25) is 0 Å².